The van der Waals surface area contributed by atoms with Gasteiger partial charge in [-0.3, -0.25) is 0 Å². The second-order valence-electron chi connectivity index (χ2n) is 9.69. The van der Waals surface area contributed by atoms with Gasteiger partial charge in [0.15, 0.2) is 0 Å². The van der Waals surface area contributed by atoms with Gasteiger partial charge in [0.25, 0.3) is 0 Å². The van der Waals surface area contributed by atoms with Crippen molar-refractivity contribution in [2.24, 2.45) is 0 Å². The maximum Gasteiger partial charge on any atom is 0.0497 e. The topological polar surface area (TPSA) is 6.48 Å². The molecule has 0 spiro atoms. The summed E-state index contributed by atoms with van der Waals surface area (Å²) in [4.78, 5) is 4.56. The highest BCUT2D eigenvalue weighted by molar-refractivity contribution is 6.31. The second-order valence-corrected chi connectivity index (χ2v) is 10.1. The lowest BCUT2D eigenvalue weighted by atomic mass is 10.1. The van der Waals surface area contributed by atoms with Gasteiger partial charge in [-0.15, -0.1) is 0 Å². The van der Waals surface area contributed by atoms with E-state index in [-0.39, 0.29) is 0 Å². The predicted molar refractivity (Wildman–Crippen MR) is 160 cm³/mol. The van der Waals surface area contributed by atoms with Crippen LogP contribution in [0.2, 0.25) is 5.02 Å². The number of hydrogen-bond acceptors (Lipinski definition) is 2. The Labute approximate surface area is 225 Å². The molecular weight excluding hydrogens is 472 g/mol. The molecule has 0 saturated heterocycles. The second kappa shape index (κ2) is 10.5. The molecule has 0 radical (unpaired) electrons. The van der Waals surface area contributed by atoms with Gasteiger partial charge < -0.3 is 9.80 Å². The monoisotopic (exact) mass is 502 g/mol. The van der Waals surface area contributed by atoms with Crippen molar-refractivity contribution in [1.29, 1.82) is 0 Å². The molecule has 2 nitrogen and oxygen atoms in total. The molecule has 0 bridgehead atoms. The summed E-state index contributed by atoms with van der Waals surface area (Å²) < 4.78 is 0. The van der Waals surface area contributed by atoms with Crippen LogP contribution in [0.15, 0.2) is 115 Å². The van der Waals surface area contributed by atoms with Crippen molar-refractivity contribution >= 4 is 45.7 Å². The van der Waals surface area contributed by atoms with Crippen LogP contribution in [0.1, 0.15) is 22.3 Å². The van der Waals surface area contributed by atoms with Crippen molar-refractivity contribution in [3.05, 3.63) is 143 Å². The molecule has 3 heteroatoms. The summed E-state index contributed by atoms with van der Waals surface area (Å²) in [7, 11) is 0. The summed E-state index contributed by atoms with van der Waals surface area (Å²) in [5.41, 5.74) is 11.2. The smallest absolute Gasteiger partial charge is 0.0497 e. The highest BCUT2D eigenvalue weighted by Gasteiger charge is 2.19. The van der Waals surface area contributed by atoms with Crippen LogP contribution >= 0.6 is 11.6 Å². The molecule has 184 valence electrons. The van der Waals surface area contributed by atoms with Crippen LogP contribution in [-0.2, 0) is 0 Å². The van der Waals surface area contributed by atoms with E-state index in [1.807, 2.05) is 12.1 Å². The van der Waals surface area contributed by atoms with E-state index in [1.165, 1.54) is 22.3 Å². The summed E-state index contributed by atoms with van der Waals surface area (Å²) in [6, 6.07) is 40.6. The van der Waals surface area contributed by atoms with Gasteiger partial charge in [0.2, 0.25) is 0 Å². The number of benzene rings is 5. The van der Waals surface area contributed by atoms with E-state index in [1.54, 1.807) is 0 Å². The van der Waals surface area contributed by atoms with Crippen molar-refractivity contribution in [1.82, 2.24) is 0 Å². The third-order valence-electron chi connectivity index (χ3n) is 6.42. The molecule has 5 rings (SSSR count). The van der Waals surface area contributed by atoms with Gasteiger partial charge >= 0.3 is 0 Å². The largest absolute Gasteiger partial charge is 0.310 e. The number of aryl methyl sites for hydroxylation is 4. The molecule has 0 aliphatic heterocycles. The van der Waals surface area contributed by atoms with Crippen molar-refractivity contribution in [3.63, 3.8) is 0 Å². The van der Waals surface area contributed by atoms with Gasteiger partial charge in [0, 0.05) is 39.1 Å². The molecule has 0 aliphatic carbocycles. The zero-order chi connectivity index (χ0) is 25.9. The maximum absolute atomic E-state index is 6.86. The third-order valence-corrected chi connectivity index (χ3v) is 6.64. The molecule has 0 unspecified atom stereocenters. The molecule has 37 heavy (non-hydrogen) atoms. The number of hydrogen-bond donors (Lipinski definition) is 0. The average molecular weight is 503 g/mol. The fraction of sp³-hybridized carbons (Fsp3) is 0.118. The van der Waals surface area contributed by atoms with E-state index in [4.69, 9.17) is 11.6 Å². The Morgan fingerprint density at radius 1 is 0.378 bits per heavy atom. The number of halogens is 1. The normalized spacial score (nSPS) is 10.8. The van der Waals surface area contributed by atoms with Crippen molar-refractivity contribution in [2.45, 2.75) is 27.7 Å². The first-order valence-corrected chi connectivity index (χ1v) is 12.9. The Morgan fingerprint density at radius 3 is 0.946 bits per heavy atom. The fourth-order valence-corrected chi connectivity index (χ4v) is 5.00. The lowest BCUT2D eigenvalue weighted by Gasteiger charge is -2.30. The van der Waals surface area contributed by atoms with Gasteiger partial charge in [-0.2, -0.15) is 0 Å². The molecule has 0 aromatic heterocycles. The van der Waals surface area contributed by atoms with E-state index in [2.05, 4.69) is 141 Å². The third kappa shape index (κ3) is 5.55. The van der Waals surface area contributed by atoms with E-state index in [9.17, 15) is 0 Å². The molecule has 5 aromatic carbocycles. The standard InChI is InChI=1S/C34H31ClN2/c1-24-9-5-13-29(17-24)36(30-14-6-10-25(2)18-30)33-21-28(35)22-34(23-33)37(31-15-7-11-26(3)19-31)32-16-8-12-27(4)20-32/h5-23H,1-4H3. The molecule has 0 amide bonds. The van der Waals surface area contributed by atoms with Crippen molar-refractivity contribution < 1.29 is 0 Å². The Kier molecular flexibility index (Phi) is 7.03. The number of nitrogens with zero attached hydrogens (tertiary/aromatic N) is 2. The van der Waals surface area contributed by atoms with Gasteiger partial charge in [-0.25, -0.2) is 0 Å². The zero-order valence-corrected chi connectivity index (χ0v) is 22.5. The quantitative estimate of drug-likeness (QED) is 0.228. The van der Waals surface area contributed by atoms with Crippen molar-refractivity contribution in [2.75, 3.05) is 9.80 Å². The van der Waals surface area contributed by atoms with Crippen LogP contribution in [0.3, 0.4) is 0 Å². The van der Waals surface area contributed by atoms with Crippen molar-refractivity contribution in [3.8, 4) is 0 Å². The minimum atomic E-state index is 0.683. The summed E-state index contributed by atoms with van der Waals surface area (Å²) in [6.45, 7) is 8.49. The summed E-state index contributed by atoms with van der Waals surface area (Å²) >= 11 is 6.86. The summed E-state index contributed by atoms with van der Waals surface area (Å²) in [5, 5.41) is 0.683. The van der Waals surface area contributed by atoms with E-state index in [0.717, 1.165) is 34.1 Å². The Bertz CT molecular complexity index is 1350. The van der Waals surface area contributed by atoms with Crippen LogP contribution in [0.5, 0.6) is 0 Å². The fourth-order valence-electron chi connectivity index (χ4n) is 4.78. The van der Waals surface area contributed by atoms with Gasteiger partial charge in [0.1, 0.15) is 0 Å². The maximum atomic E-state index is 6.86. The predicted octanol–water partition coefficient (Wildman–Crippen LogP) is 10.5. The molecule has 0 fully saturated rings. The van der Waals surface area contributed by atoms with Crippen LogP contribution in [0.25, 0.3) is 0 Å². The molecule has 0 saturated carbocycles. The molecule has 0 heterocycles. The Hall–Kier alpha value is -4.01. The van der Waals surface area contributed by atoms with E-state index >= 15 is 0 Å². The molecule has 0 N–H and O–H groups in total. The molecule has 0 atom stereocenters. The van der Waals surface area contributed by atoms with Gasteiger partial charge in [0.05, 0.1) is 0 Å². The Balaban J connectivity index is 1.73. The molecule has 5 aromatic rings. The SMILES string of the molecule is Cc1cccc(N(c2cccc(C)c2)c2cc(Cl)cc(N(c3cccc(C)c3)c3cccc(C)c3)c2)c1. The van der Waals surface area contributed by atoms with Crippen LogP contribution in [0.4, 0.5) is 34.1 Å². The Morgan fingerprint density at radius 2 is 0.676 bits per heavy atom. The minimum absolute atomic E-state index is 0.683. The first-order chi connectivity index (χ1) is 17.9. The van der Waals surface area contributed by atoms with Gasteiger partial charge in [-0.05, 0) is 117 Å². The van der Waals surface area contributed by atoms with E-state index < -0.39 is 0 Å². The number of rotatable bonds is 6. The molecule has 0 aliphatic rings. The zero-order valence-electron chi connectivity index (χ0n) is 21.7. The van der Waals surface area contributed by atoms with Gasteiger partial charge in [-0.1, -0.05) is 60.1 Å². The minimum Gasteiger partial charge on any atom is -0.310 e. The first-order valence-electron chi connectivity index (χ1n) is 12.5. The average Bonchev–Trinajstić information content (AvgIpc) is 2.84. The highest BCUT2D eigenvalue weighted by Crippen LogP contribution is 2.42. The lowest BCUT2D eigenvalue weighted by Crippen LogP contribution is -2.13. The number of anilines is 6. The van der Waals surface area contributed by atoms with Crippen LogP contribution in [-0.4, -0.2) is 0 Å². The summed E-state index contributed by atoms with van der Waals surface area (Å²) in [5.74, 6) is 0. The lowest BCUT2D eigenvalue weighted by molar-refractivity contribution is 1.23. The highest BCUT2D eigenvalue weighted by atomic mass is 35.5. The van der Waals surface area contributed by atoms with Crippen LogP contribution in [0, 0.1) is 27.7 Å². The van der Waals surface area contributed by atoms with E-state index in [0.29, 0.717) is 5.02 Å². The summed E-state index contributed by atoms with van der Waals surface area (Å²) in [6.07, 6.45) is 0. The molecular formula is C34H31ClN2. The van der Waals surface area contributed by atoms with Crippen LogP contribution < -0.4 is 9.80 Å². The first kappa shape index (κ1) is 24.7.